The fourth-order valence-electron chi connectivity index (χ4n) is 6.57. The van der Waals surface area contributed by atoms with Crippen LogP contribution < -0.4 is 25.8 Å². The molecule has 1 fully saturated rings. The van der Waals surface area contributed by atoms with Crippen molar-refractivity contribution in [2.75, 3.05) is 36.6 Å². The minimum Gasteiger partial charge on any atom is -0.490 e. The molecule has 1 saturated carbocycles. The van der Waals surface area contributed by atoms with E-state index in [0.717, 1.165) is 31.4 Å². The first kappa shape index (κ1) is 30.7. The summed E-state index contributed by atoms with van der Waals surface area (Å²) in [4.78, 5) is 14.7. The van der Waals surface area contributed by atoms with E-state index in [2.05, 4.69) is 15.0 Å². The van der Waals surface area contributed by atoms with E-state index in [1.165, 1.54) is 7.11 Å². The number of thiophene rings is 1. The van der Waals surface area contributed by atoms with Crippen LogP contribution in [0.5, 0.6) is 11.8 Å². The fraction of sp³-hybridized carbons (Fsp3) is 0.312. The minimum atomic E-state index is -5.18. The molecule has 1 aliphatic heterocycles. The lowest BCUT2D eigenvalue weighted by Crippen LogP contribution is -2.35. The maximum absolute atomic E-state index is 17.0. The second-order valence-electron chi connectivity index (χ2n) is 11.5. The predicted molar refractivity (Wildman–Crippen MR) is 167 cm³/mol. The first-order chi connectivity index (χ1) is 22.5. The van der Waals surface area contributed by atoms with Crippen LogP contribution >= 0.6 is 11.3 Å². The summed E-state index contributed by atoms with van der Waals surface area (Å²) < 4.78 is 88.8. The van der Waals surface area contributed by atoms with Crippen molar-refractivity contribution in [1.29, 1.82) is 5.26 Å². The molecule has 1 atom stereocenters. The van der Waals surface area contributed by atoms with Gasteiger partial charge in [-0.05, 0) is 30.0 Å². The summed E-state index contributed by atoms with van der Waals surface area (Å²) in [6.07, 6.45) is -0.0411. The van der Waals surface area contributed by atoms with Gasteiger partial charge in [0.2, 0.25) is 0 Å². The summed E-state index contributed by atoms with van der Waals surface area (Å²) in [5.41, 5.74) is 9.38. The van der Waals surface area contributed by atoms with E-state index in [4.69, 9.17) is 20.9 Å². The molecule has 9 nitrogen and oxygen atoms in total. The van der Waals surface area contributed by atoms with Crippen molar-refractivity contribution in [1.82, 2.24) is 15.0 Å². The molecule has 0 radical (unpaired) electrons. The number of hydrogen-bond donors (Lipinski definition) is 2. The zero-order valence-electron chi connectivity index (χ0n) is 24.8. The molecule has 2 aromatic carbocycles. The molecule has 47 heavy (non-hydrogen) atoms. The van der Waals surface area contributed by atoms with E-state index in [1.54, 1.807) is 23.2 Å². The van der Waals surface area contributed by atoms with Crippen LogP contribution in [-0.2, 0) is 6.18 Å². The number of nitrogens with zero attached hydrogens (tertiary/aromatic N) is 5. The lowest BCUT2D eigenvalue weighted by molar-refractivity contribution is -0.138. The Bertz CT molecular complexity index is 2110. The third-order valence-electron chi connectivity index (χ3n) is 8.90. The van der Waals surface area contributed by atoms with Crippen LogP contribution in [0.1, 0.15) is 48.4 Å². The molecule has 1 aliphatic carbocycles. The van der Waals surface area contributed by atoms with Gasteiger partial charge in [0.25, 0.3) is 0 Å². The molecular weight excluding hydrogens is 641 g/mol. The van der Waals surface area contributed by atoms with Crippen molar-refractivity contribution in [3.8, 4) is 29.0 Å². The summed E-state index contributed by atoms with van der Waals surface area (Å²) >= 11 is 0.686. The molecule has 7 rings (SSSR count). The van der Waals surface area contributed by atoms with Crippen LogP contribution in [0.25, 0.3) is 32.1 Å². The summed E-state index contributed by atoms with van der Waals surface area (Å²) in [6.45, 7) is -0.179. The molecule has 0 saturated heterocycles. The molecule has 0 spiro atoms. The first-order valence-corrected chi connectivity index (χ1v) is 15.5. The lowest BCUT2D eigenvalue weighted by Gasteiger charge is -2.37. The van der Waals surface area contributed by atoms with Gasteiger partial charge in [0.05, 0.1) is 35.3 Å². The van der Waals surface area contributed by atoms with Gasteiger partial charge < -0.3 is 25.8 Å². The molecule has 4 N–H and O–H groups in total. The van der Waals surface area contributed by atoms with Gasteiger partial charge in [0.15, 0.2) is 5.82 Å². The second-order valence-corrected chi connectivity index (χ2v) is 12.5. The van der Waals surface area contributed by atoms with Gasteiger partial charge in [-0.15, -0.1) is 11.3 Å². The lowest BCUT2D eigenvalue weighted by atomic mass is 9.79. The van der Waals surface area contributed by atoms with Crippen LogP contribution in [0, 0.1) is 28.9 Å². The highest BCUT2D eigenvalue weighted by molar-refractivity contribution is 7.23. The fourth-order valence-corrected chi connectivity index (χ4v) is 7.52. The zero-order valence-corrected chi connectivity index (χ0v) is 25.6. The number of anilines is 3. The molecule has 242 valence electrons. The van der Waals surface area contributed by atoms with Crippen LogP contribution in [0.2, 0.25) is 0 Å². The van der Waals surface area contributed by atoms with Gasteiger partial charge in [-0.25, -0.2) is 13.8 Å². The number of benzene rings is 2. The minimum absolute atomic E-state index is 0.0235. The molecule has 1 unspecified atom stereocenters. The van der Waals surface area contributed by atoms with Crippen molar-refractivity contribution < 1.29 is 31.4 Å². The number of methoxy groups -OCH3 is 1. The molecule has 2 aliphatic rings. The number of aromatic nitrogens is 3. The number of nitrogens with two attached hydrogens (primary N) is 2. The summed E-state index contributed by atoms with van der Waals surface area (Å²) in [7, 11) is 1.26. The largest absolute Gasteiger partial charge is 0.490 e. The van der Waals surface area contributed by atoms with E-state index in [9.17, 15) is 9.65 Å². The Morgan fingerprint density at radius 2 is 1.96 bits per heavy atom. The van der Waals surface area contributed by atoms with E-state index < -0.39 is 46.2 Å². The van der Waals surface area contributed by atoms with Crippen LogP contribution in [-0.4, -0.2) is 35.2 Å². The van der Waals surface area contributed by atoms with Gasteiger partial charge in [-0.2, -0.15) is 28.4 Å². The third kappa shape index (κ3) is 4.89. The Hall–Kier alpha value is -4.97. The van der Waals surface area contributed by atoms with Gasteiger partial charge in [-0.3, -0.25) is 0 Å². The summed E-state index contributed by atoms with van der Waals surface area (Å²) in [5, 5.41) is 9.16. The van der Waals surface area contributed by atoms with Crippen LogP contribution in [0.3, 0.4) is 0 Å². The quantitative estimate of drug-likeness (QED) is 0.178. The predicted octanol–water partition coefficient (Wildman–Crippen LogP) is 7.38. The Kier molecular flexibility index (Phi) is 7.42. The molecule has 4 heterocycles. The highest BCUT2D eigenvalue weighted by Gasteiger charge is 2.44. The Morgan fingerprint density at radius 3 is 2.62 bits per heavy atom. The third-order valence-corrected chi connectivity index (χ3v) is 9.93. The maximum Gasteiger partial charge on any atom is 0.420 e. The van der Waals surface area contributed by atoms with Crippen molar-refractivity contribution >= 4 is 49.0 Å². The first-order valence-electron chi connectivity index (χ1n) is 14.7. The van der Waals surface area contributed by atoms with Gasteiger partial charge in [0, 0.05) is 22.7 Å². The number of nitrogen functional groups attached to an aromatic ring is 2. The van der Waals surface area contributed by atoms with E-state index in [-0.39, 0.29) is 62.4 Å². The highest BCUT2D eigenvalue weighted by atomic mass is 32.1. The molecule has 5 aromatic rings. The van der Waals surface area contributed by atoms with E-state index in [1.807, 2.05) is 6.07 Å². The molecular formula is C32H26F5N7O2S. The zero-order chi connectivity index (χ0) is 33.2. The van der Waals surface area contributed by atoms with Crippen molar-refractivity contribution in [3.63, 3.8) is 0 Å². The number of halogens is 5. The number of alkyl halides is 3. The summed E-state index contributed by atoms with van der Waals surface area (Å²) in [6, 6.07) is 6.48. The Labute approximate surface area is 268 Å². The Balaban J connectivity index is 1.58. The van der Waals surface area contributed by atoms with Crippen molar-refractivity contribution in [2.45, 2.75) is 37.9 Å². The average molecular weight is 668 g/mol. The number of fused-ring (bicyclic) bond motifs is 1. The number of rotatable bonds is 6. The van der Waals surface area contributed by atoms with Crippen LogP contribution in [0.4, 0.5) is 38.6 Å². The van der Waals surface area contributed by atoms with E-state index in [0.29, 0.717) is 29.2 Å². The summed E-state index contributed by atoms with van der Waals surface area (Å²) in [5.74, 6) is -2.34. The standard InChI is InChI=1S/C32H26F5N7O2S/c1-45-31-42-25-22-26(46-11-10-44(30(22)43-31)19(12-14-4-2-5-14)15-6-3-9-41-28(15)39)23(32(35,36)37)21(24(25)34)16-7-8-18(33)27-20(16)17(13-38)29(40)47-27/h3,6-9,14,19H,2,4-5,10-12,40H2,1H3,(H2,39,41). The van der Waals surface area contributed by atoms with Gasteiger partial charge in [0.1, 0.15) is 52.0 Å². The topological polar surface area (TPSA) is 136 Å². The monoisotopic (exact) mass is 667 g/mol. The normalized spacial score (nSPS) is 15.6. The smallest absolute Gasteiger partial charge is 0.420 e. The van der Waals surface area contributed by atoms with Crippen LogP contribution in [0.15, 0.2) is 30.5 Å². The van der Waals surface area contributed by atoms with Crippen molar-refractivity contribution in [2.24, 2.45) is 5.92 Å². The van der Waals surface area contributed by atoms with Gasteiger partial charge in [-0.1, -0.05) is 31.4 Å². The molecule has 0 bridgehead atoms. The molecule has 3 aromatic heterocycles. The number of hydrogen-bond acceptors (Lipinski definition) is 10. The Morgan fingerprint density at radius 1 is 1.17 bits per heavy atom. The van der Waals surface area contributed by atoms with E-state index >= 15 is 17.6 Å². The molecule has 0 amide bonds. The van der Waals surface area contributed by atoms with Crippen molar-refractivity contribution in [3.05, 3.63) is 58.8 Å². The second kappa shape index (κ2) is 11.4. The number of ether oxygens (including phenoxy) is 2. The average Bonchev–Trinajstić information content (AvgIpc) is 3.25. The maximum atomic E-state index is 17.0. The SMILES string of the molecule is COc1nc2c3c(c(C(F)(F)F)c(-c4ccc(F)c5sc(N)c(C#N)c45)c(F)c3n1)OCCN2C(CC1CCC1)c1cccnc1N. The number of pyridine rings is 1. The molecule has 15 heteroatoms. The van der Waals surface area contributed by atoms with Gasteiger partial charge >= 0.3 is 12.2 Å². The highest BCUT2D eigenvalue weighted by Crippen LogP contribution is 2.54. The number of nitriles is 1.